The molecule has 1 amide bonds. The minimum atomic E-state index is -0.764. The Hall–Kier alpha value is -3.58. The van der Waals surface area contributed by atoms with Gasteiger partial charge in [0.05, 0.1) is 18.2 Å². The number of furan rings is 1. The van der Waals surface area contributed by atoms with Crippen LogP contribution in [0, 0.1) is 0 Å². The number of fused-ring (bicyclic) bond motifs is 1. The van der Waals surface area contributed by atoms with E-state index in [0.717, 1.165) is 11.8 Å². The van der Waals surface area contributed by atoms with Gasteiger partial charge in [-0.15, -0.1) is 0 Å². The molecule has 7 nitrogen and oxygen atoms in total. The van der Waals surface area contributed by atoms with Gasteiger partial charge in [0.25, 0.3) is 5.91 Å². The van der Waals surface area contributed by atoms with Crippen LogP contribution in [0.2, 0.25) is 0 Å². The minimum absolute atomic E-state index is 0.00381. The van der Waals surface area contributed by atoms with Crippen molar-refractivity contribution in [2.45, 2.75) is 25.8 Å². The number of aliphatic hydroxyl groups excluding tert-OH is 1. The molecular formula is C26H27NO6. The zero-order valence-electron chi connectivity index (χ0n) is 18.7. The van der Waals surface area contributed by atoms with Crippen LogP contribution < -0.4 is 4.74 Å². The van der Waals surface area contributed by atoms with Gasteiger partial charge in [0.15, 0.2) is 11.5 Å². The lowest BCUT2D eigenvalue weighted by atomic mass is 9.94. The summed E-state index contributed by atoms with van der Waals surface area (Å²) in [5.74, 6) is -0.942. The number of rotatable bonds is 10. The summed E-state index contributed by atoms with van der Waals surface area (Å²) < 4.78 is 16.6. The highest BCUT2D eigenvalue weighted by Crippen LogP contribution is 2.40. The number of ketones is 1. The monoisotopic (exact) mass is 449 g/mol. The molecule has 0 aliphatic carbocycles. The number of nitrogens with zero attached hydrogens (tertiary/aromatic N) is 1. The molecule has 1 aliphatic rings. The zero-order chi connectivity index (χ0) is 23.4. The highest BCUT2D eigenvalue weighted by atomic mass is 16.5. The molecule has 2 aromatic carbocycles. The second-order valence-corrected chi connectivity index (χ2v) is 7.91. The number of Topliss-reactive ketones (excluding diaryl/α,β-unsaturated/α-hetero) is 1. The van der Waals surface area contributed by atoms with Crippen molar-refractivity contribution in [3.8, 4) is 5.75 Å². The molecule has 1 unspecified atom stereocenters. The molecule has 3 aromatic rings. The van der Waals surface area contributed by atoms with E-state index in [9.17, 15) is 14.7 Å². The molecule has 1 N–H and O–H groups in total. The first kappa shape index (κ1) is 22.6. The molecule has 33 heavy (non-hydrogen) atoms. The largest absolute Gasteiger partial charge is 0.503 e. The topological polar surface area (TPSA) is 89.2 Å². The van der Waals surface area contributed by atoms with Gasteiger partial charge in [-0.3, -0.25) is 9.59 Å². The van der Waals surface area contributed by atoms with E-state index in [2.05, 4.69) is 0 Å². The van der Waals surface area contributed by atoms with Crippen LogP contribution in [0.1, 0.15) is 41.9 Å². The molecular weight excluding hydrogens is 422 g/mol. The van der Waals surface area contributed by atoms with E-state index in [-0.39, 0.29) is 11.3 Å². The Morgan fingerprint density at radius 3 is 2.70 bits per heavy atom. The first-order valence-electron chi connectivity index (χ1n) is 11.0. The van der Waals surface area contributed by atoms with Crippen LogP contribution in [0.3, 0.4) is 0 Å². The number of hydrogen-bond acceptors (Lipinski definition) is 6. The van der Waals surface area contributed by atoms with Gasteiger partial charge in [0, 0.05) is 25.6 Å². The van der Waals surface area contributed by atoms with Gasteiger partial charge in [-0.2, -0.15) is 0 Å². The van der Waals surface area contributed by atoms with Crippen LogP contribution in [0.15, 0.2) is 70.3 Å². The number of ether oxygens (including phenoxy) is 2. The highest BCUT2D eigenvalue weighted by Gasteiger charge is 2.44. The standard InChI is InChI=1S/C26H27NO6/c1-3-13-32-19-10-6-9-18(15-19)23-22(25(29)26(30)27(23)12-7-14-31-2)24(28)21-16-17-8-4-5-11-20(17)33-21/h4-6,8-11,15-16,23,29H,3,7,12-14H2,1-2H3. The first-order chi connectivity index (χ1) is 16.0. The summed E-state index contributed by atoms with van der Waals surface area (Å²) in [4.78, 5) is 28.1. The van der Waals surface area contributed by atoms with Crippen LogP contribution in [-0.2, 0) is 9.53 Å². The summed E-state index contributed by atoms with van der Waals surface area (Å²) in [6, 6.07) is 15.4. The third-order valence-electron chi connectivity index (χ3n) is 5.59. The molecule has 0 bridgehead atoms. The lowest BCUT2D eigenvalue weighted by Gasteiger charge is -2.27. The Morgan fingerprint density at radius 1 is 1.12 bits per heavy atom. The van der Waals surface area contributed by atoms with Gasteiger partial charge in [-0.25, -0.2) is 0 Å². The molecule has 172 valence electrons. The van der Waals surface area contributed by atoms with Gasteiger partial charge in [0.1, 0.15) is 11.3 Å². The highest BCUT2D eigenvalue weighted by molar-refractivity contribution is 6.16. The van der Waals surface area contributed by atoms with Crippen molar-refractivity contribution in [2.75, 3.05) is 26.9 Å². The molecule has 0 radical (unpaired) electrons. The fraction of sp³-hybridized carbons (Fsp3) is 0.308. The maximum Gasteiger partial charge on any atom is 0.290 e. The van der Waals surface area contributed by atoms with Crippen molar-refractivity contribution < 1.29 is 28.6 Å². The van der Waals surface area contributed by atoms with Crippen LogP contribution in [0.4, 0.5) is 0 Å². The SMILES string of the molecule is CCCOc1cccc(C2C(C(=O)c3cc4ccccc4o3)=C(O)C(=O)N2CCCOC)c1. The zero-order valence-corrected chi connectivity index (χ0v) is 18.7. The second-order valence-electron chi connectivity index (χ2n) is 7.91. The molecule has 1 aliphatic heterocycles. The number of aliphatic hydroxyl groups is 1. The van der Waals surface area contributed by atoms with Gasteiger partial charge >= 0.3 is 0 Å². The molecule has 7 heteroatoms. The van der Waals surface area contributed by atoms with Crippen molar-refractivity contribution in [2.24, 2.45) is 0 Å². The van der Waals surface area contributed by atoms with E-state index < -0.39 is 23.5 Å². The van der Waals surface area contributed by atoms with Crippen molar-refractivity contribution >= 4 is 22.7 Å². The van der Waals surface area contributed by atoms with Crippen LogP contribution >= 0.6 is 0 Å². The van der Waals surface area contributed by atoms with E-state index >= 15 is 0 Å². The summed E-state index contributed by atoms with van der Waals surface area (Å²) in [7, 11) is 1.59. The van der Waals surface area contributed by atoms with E-state index in [1.54, 1.807) is 25.3 Å². The third kappa shape index (κ3) is 4.50. The number of amides is 1. The molecule has 1 atom stereocenters. The Bertz CT molecular complexity index is 1160. The van der Waals surface area contributed by atoms with E-state index in [1.165, 1.54) is 4.90 Å². The maximum atomic E-state index is 13.5. The van der Waals surface area contributed by atoms with E-state index in [1.807, 2.05) is 43.3 Å². The van der Waals surface area contributed by atoms with Crippen LogP contribution in [0.5, 0.6) is 5.75 Å². The smallest absolute Gasteiger partial charge is 0.290 e. The Labute approximate surface area is 192 Å². The molecule has 0 spiro atoms. The molecule has 2 heterocycles. The number of carbonyl (C=O) groups excluding carboxylic acids is 2. The molecule has 4 rings (SSSR count). The average Bonchev–Trinajstić information content (AvgIpc) is 3.37. The Morgan fingerprint density at radius 2 is 1.94 bits per heavy atom. The maximum absolute atomic E-state index is 13.5. The van der Waals surface area contributed by atoms with Crippen molar-refractivity contribution in [3.05, 3.63) is 77.3 Å². The van der Waals surface area contributed by atoms with Crippen molar-refractivity contribution in [1.29, 1.82) is 0 Å². The summed E-state index contributed by atoms with van der Waals surface area (Å²) in [5.41, 5.74) is 1.25. The first-order valence-corrected chi connectivity index (χ1v) is 11.0. The summed E-state index contributed by atoms with van der Waals surface area (Å²) >= 11 is 0. The van der Waals surface area contributed by atoms with Gasteiger partial charge < -0.3 is 23.9 Å². The normalized spacial score (nSPS) is 16.1. The number of methoxy groups -OCH3 is 1. The summed E-state index contributed by atoms with van der Waals surface area (Å²) in [5, 5.41) is 11.6. The van der Waals surface area contributed by atoms with Crippen LogP contribution in [-0.4, -0.2) is 48.6 Å². The van der Waals surface area contributed by atoms with Gasteiger partial charge in [-0.1, -0.05) is 37.3 Å². The molecule has 0 saturated heterocycles. The molecule has 0 fully saturated rings. The lowest BCUT2D eigenvalue weighted by molar-refractivity contribution is -0.129. The van der Waals surface area contributed by atoms with Crippen LogP contribution in [0.25, 0.3) is 11.0 Å². The lowest BCUT2D eigenvalue weighted by Crippen LogP contribution is -2.32. The van der Waals surface area contributed by atoms with Gasteiger partial charge in [-0.05, 0) is 42.7 Å². The van der Waals surface area contributed by atoms with E-state index in [4.69, 9.17) is 13.9 Å². The number of carbonyl (C=O) groups is 2. The minimum Gasteiger partial charge on any atom is -0.503 e. The van der Waals surface area contributed by atoms with Crippen molar-refractivity contribution in [3.63, 3.8) is 0 Å². The Kier molecular flexibility index (Phi) is 6.79. The predicted octanol–water partition coefficient (Wildman–Crippen LogP) is 4.84. The number of hydrogen-bond donors (Lipinski definition) is 1. The van der Waals surface area contributed by atoms with E-state index in [0.29, 0.717) is 43.1 Å². The predicted molar refractivity (Wildman–Crippen MR) is 123 cm³/mol. The second kappa shape index (κ2) is 9.92. The van der Waals surface area contributed by atoms with Crippen molar-refractivity contribution in [1.82, 2.24) is 4.90 Å². The summed E-state index contributed by atoms with van der Waals surface area (Å²) in [6.07, 6.45) is 1.41. The molecule has 0 saturated carbocycles. The number of para-hydroxylation sites is 1. The quantitative estimate of drug-likeness (QED) is 0.352. The average molecular weight is 450 g/mol. The Balaban J connectivity index is 1.75. The third-order valence-corrected chi connectivity index (χ3v) is 5.59. The van der Waals surface area contributed by atoms with Gasteiger partial charge in [0.2, 0.25) is 5.78 Å². The summed E-state index contributed by atoms with van der Waals surface area (Å²) in [6.45, 7) is 3.33. The number of benzene rings is 2. The fourth-order valence-corrected chi connectivity index (χ4v) is 4.06. The fourth-order valence-electron chi connectivity index (χ4n) is 4.06. The molecule has 1 aromatic heterocycles.